The van der Waals surface area contributed by atoms with Gasteiger partial charge in [-0.2, -0.15) is 0 Å². The summed E-state index contributed by atoms with van der Waals surface area (Å²) in [6.45, 7) is 4.77. The molecule has 1 N–H and O–H groups in total. The molecule has 0 saturated carbocycles. The Labute approximate surface area is 129 Å². The van der Waals surface area contributed by atoms with Gasteiger partial charge in [0, 0.05) is 11.0 Å². The molecule has 0 radical (unpaired) electrons. The zero-order valence-electron chi connectivity index (χ0n) is 11.7. The lowest BCUT2D eigenvalue weighted by Crippen LogP contribution is -2.13. The number of rotatable bonds is 7. The molecule has 0 aliphatic heterocycles. The van der Waals surface area contributed by atoms with Crippen LogP contribution in [-0.4, -0.2) is 6.54 Å². The predicted octanol–water partition coefficient (Wildman–Crippen LogP) is 4.53. The van der Waals surface area contributed by atoms with Crippen molar-refractivity contribution in [2.75, 3.05) is 6.54 Å². The van der Waals surface area contributed by atoms with Crippen molar-refractivity contribution in [3.8, 4) is 5.75 Å². The summed E-state index contributed by atoms with van der Waals surface area (Å²) >= 11 is 3.44. The molecule has 0 saturated heterocycles. The van der Waals surface area contributed by atoms with Crippen molar-refractivity contribution in [2.24, 2.45) is 0 Å². The van der Waals surface area contributed by atoms with Gasteiger partial charge in [-0.25, -0.2) is 0 Å². The highest BCUT2D eigenvalue weighted by molar-refractivity contribution is 9.10. The topological polar surface area (TPSA) is 21.3 Å². The van der Waals surface area contributed by atoms with Gasteiger partial charge in [0.05, 0.1) is 0 Å². The van der Waals surface area contributed by atoms with Crippen LogP contribution in [0.4, 0.5) is 0 Å². The largest absolute Gasteiger partial charge is 0.489 e. The summed E-state index contributed by atoms with van der Waals surface area (Å²) in [5.41, 5.74) is 2.49. The van der Waals surface area contributed by atoms with Crippen molar-refractivity contribution in [1.29, 1.82) is 0 Å². The standard InChI is InChI=1S/C17H20BrNO/c1-2-10-19-12-14-6-8-15(9-7-14)13-20-17-5-3-4-16(18)11-17/h3-9,11,19H,2,10,12-13H2,1H3. The van der Waals surface area contributed by atoms with Crippen LogP contribution in [0.3, 0.4) is 0 Å². The van der Waals surface area contributed by atoms with E-state index in [2.05, 4.69) is 52.4 Å². The zero-order chi connectivity index (χ0) is 14.2. The first kappa shape index (κ1) is 15.1. The van der Waals surface area contributed by atoms with Gasteiger partial charge in [-0.05, 0) is 42.3 Å². The van der Waals surface area contributed by atoms with Crippen LogP contribution in [0.1, 0.15) is 24.5 Å². The number of ether oxygens (including phenoxy) is 1. The van der Waals surface area contributed by atoms with Gasteiger partial charge >= 0.3 is 0 Å². The molecule has 2 aromatic carbocycles. The number of halogens is 1. The second kappa shape index (κ2) is 8.08. The Kier molecular flexibility index (Phi) is 6.09. The lowest BCUT2D eigenvalue weighted by atomic mass is 10.1. The molecule has 0 fully saturated rings. The molecular formula is C17H20BrNO. The molecule has 0 heterocycles. The second-order valence-electron chi connectivity index (χ2n) is 4.74. The maximum absolute atomic E-state index is 5.77. The van der Waals surface area contributed by atoms with Gasteiger partial charge in [0.1, 0.15) is 12.4 Å². The van der Waals surface area contributed by atoms with Crippen LogP contribution >= 0.6 is 15.9 Å². The summed E-state index contributed by atoms with van der Waals surface area (Å²) in [7, 11) is 0. The van der Waals surface area contributed by atoms with E-state index < -0.39 is 0 Å². The van der Waals surface area contributed by atoms with Crippen molar-refractivity contribution in [3.05, 3.63) is 64.1 Å². The van der Waals surface area contributed by atoms with E-state index in [0.717, 1.165) is 23.3 Å². The number of hydrogen-bond donors (Lipinski definition) is 1. The molecule has 3 heteroatoms. The first-order valence-electron chi connectivity index (χ1n) is 6.95. The molecule has 20 heavy (non-hydrogen) atoms. The van der Waals surface area contributed by atoms with Crippen molar-refractivity contribution >= 4 is 15.9 Å². The smallest absolute Gasteiger partial charge is 0.120 e. The summed E-state index contributed by atoms with van der Waals surface area (Å²) in [5.74, 6) is 0.882. The molecule has 0 unspecified atom stereocenters. The highest BCUT2D eigenvalue weighted by atomic mass is 79.9. The Morgan fingerprint density at radius 1 is 1.05 bits per heavy atom. The third kappa shape index (κ3) is 4.99. The molecule has 0 amide bonds. The number of benzene rings is 2. The maximum Gasteiger partial charge on any atom is 0.120 e. The van der Waals surface area contributed by atoms with Gasteiger partial charge in [-0.1, -0.05) is 53.2 Å². The van der Waals surface area contributed by atoms with E-state index in [-0.39, 0.29) is 0 Å². The van der Waals surface area contributed by atoms with Crippen LogP contribution in [0.5, 0.6) is 5.75 Å². The monoisotopic (exact) mass is 333 g/mol. The van der Waals surface area contributed by atoms with Gasteiger partial charge in [-0.3, -0.25) is 0 Å². The fourth-order valence-corrected chi connectivity index (χ4v) is 2.26. The van der Waals surface area contributed by atoms with Crippen LogP contribution in [0.25, 0.3) is 0 Å². The Balaban J connectivity index is 1.84. The Morgan fingerprint density at radius 2 is 1.80 bits per heavy atom. The fraction of sp³-hybridized carbons (Fsp3) is 0.294. The normalized spacial score (nSPS) is 10.5. The molecule has 0 bridgehead atoms. The highest BCUT2D eigenvalue weighted by Gasteiger charge is 1.98. The molecular weight excluding hydrogens is 314 g/mol. The average molecular weight is 334 g/mol. The van der Waals surface area contributed by atoms with E-state index in [0.29, 0.717) is 6.61 Å². The average Bonchev–Trinajstić information content (AvgIpc) is 2.47. The Hall–Kier alpha value is -1.32. The SMILES string of the molecule is CCCNCc1ccc(COc2cccc(Br)c2)cc1. The summed E-state index contributed by atoms with van der Waals surface area (Å²) in [4.78, 5) is 0. The predicted molar refractivity (Wildman–Crippen MR) is 86.9 cm³/mol. The van der Waals surface area contributed by atoms with E-state index in [4.69, 9.17) is 4.74 Å². The summed E-state index contributed by atoms with van der Waals surface area (Å²) in [6.07, 6.45) is 1.17. The summed E-state index contributed by atoms with van der Waals surface area (Å²) in [6, 6.07) is 16.5. The first-order chi connectivity index (χ1) is 9.78. The third-order valence-electron chi connectivity index (χ3n) is 2.98. The minimum Gasteiger partial charge on any atom is -0.489 e. The lowest BCUT2D eigenvalue weighted by molar-refractivity contribution is 0.306. The van der Waals surface area contributed by atoms with E-state index in [9.17, 15) is 0 Å². The third-order valence-corrected chi connectivity index (χ3v) is 3.47. The van der Waals surface area contributed by atoms with Crippen LogP contribution in [-0.2, 0) is 13.2 Å². The molecule has 2 rings (SSSR count). The molecule has 0 aliphatic rings. The minimum atomic E-state index is 0.596. The van der Waals surface area contributed by atoms with Crippen LogP contribution < -0.4 is 10.1 Å². The highest BCUT2D eigenvalue weighted by Crippen LogP contribution is 2.19. The van der Waals surface area contributed by atoms with Gasteiger partial charge in [0.25, 0.3) is 0 Å². The van der Waals surface area contributed by atoms with Gasteiger partial charge in [0.2, 0.25) is 0 Å². The molecule has 0 atom stereocenters. The van der Waals surface area contributed by atoms with Crippen LogP contribution in [0.15, 0.2) is 53.0 Å². The zero-order valence-corrected chi connectivity index (χ0v) is 13.3. The quantitative estimate of drug-likeness (QED) is 0.751. The molecule has 0 spiro atoms. The molecule has 0 aromatic heterocycles. The van der Waals surface area contributed by atoms with Crippen molar-refractivity contribution in [1.82, 2.24) is 5.32 Å². The first-order valence-corrected chi connectivity index (χ1v) is 7.74. The minimum absolute atomic E-state index is 0.596. The molecule has 0 aliphatic carbocycles. The van der Waals surface area contributed by atoms with Gasteiger partial charge < -0.3 is 10.1 Å². The van der Waals surface area contributed by atoms with Crippen molar-refractivity contribution in [2.45, 2.75) is 26.5 Å². The molecule has 2 nitrogen and oxygen atoms in total. The second-order valence-corrected chi connectivity index (χ2v) is 5.65. The van der Waals surface area contributed by atoms with Crippen molar-refractivity contribution in [3.63, 3.8) is 0 Å². The van der Waals surface area contributed by atoms with Crippen LogP contribution in [0.2, 0.25) is 0 Å². The van der Waals surface area contributed by atoms with Gasteiger partial charge in [-0.15, -0.1) is 0 Å². The number of nitrogens with one attached hydrogen (secondary N) is 1. The Bertz CT molecular complexity index is 525. The molecule has 2 aromatic rings. The van der Waals surface area contributed by atoms with E-state index in [1.165, 1.54) is 17.5 Å². The lowest BCUT2D eigenvalue weighted by Gasteiger charge is -2.08. The molecule has 106 valence electrons. The fourth-order valence-electron chi connectivity index (χ4n) is 1.89. The Morgan fingerprint density at radius 3 is 2.50 bits per heavy atom. The van der Waals surface area contributed by atoms with E-state index in [1.54, 1.807) is 0 Å². The van der Waals surface area contributed by atoms with E-state index >= 15 is 0 Å². The maximum atomic E-state index is 5.77. The summed E-state index contributed by atoms with van der Waals surface area (Å²) in [5, 5.41) is 3.40. The van der Waals surface area contributed by atoms with Crippen LogP contribution in [0, 0.1) is 0 Å². The van der Waals surface area contributed by atoms with Gasteiger partial charge in [0.15, 0.2) is 0 Å². The van der Waals surface area contributed by atoms with Crippen molar-refractivity contribution < 1.29 is 4.74 Å². The number of hydrogen-bond acceptors (Lipinski definition) is 2. The summed E-state index contributed by atoms with van der Waals surface area (Å²) < 4.78 is 6.80. The van der Waals surface area contributed by atoms with E-state index in [1.807, 2.05) is 24.3 Å².